The summed E-state index contributed by atoms with van der Waals surface area (Å²) in [6.07, 6.45) is 1.63. The molecule has 1 heterocycles. The van der Waals surface area contributed by atoms with Gasteiger partial charge in [-0.15, -0.1) is 9.24 Å². The van der Waals surface area contributed by atoms with Gasteiger partial charge in [0.2, 0.25) is 0 Å². The van der Waals surface area contributed by atoms with Crippen molar-refractivity contribution in [2.45, 2.75) is 18.9 Å². The molecule has 2 atom stereocenters. The number of ketones is 1. The van der Waals surface area contributed by atoms with Crippen LogP contribution in [0.25, 0.3) is 0 Å². The Morgan fingerprint density at radius 1 is 1.62 bits per heavy atom. The Morgan fingerprint density at radius 3 is 2.54 bits per heavy atom. The van der Waals surface area contributed by atoms with Crippen molar-refractivity contribution in [1.29, 1.82) is 0 Å². The first-order valence-electron chi connectivity index (χ1n) is 4.17. The zero-order valence-corrected chi connectivity index (χ0v) is 9.32. The van der Waals surface area contributed by atoms with Gasteiger partial charge in [-0.25, -0.2) is 0 Å². The summed E-state index contributed by atoms with van der Waals surface area (Å²) < 4.78 is 0. The molecule has 1 aromatic rings. The highest BCUT2D eigenvalue weighted by atomic mass is 31.0. The van der Waals surface area contributed by atoms with Crippen LogP contribution in [0.3, 0.4) is 0 Å². The lowest BCUT2D eigenvalue weighted by atomic mass is 9.84. The van der Waals surface area contributed by atoms with Crippen LogP contribution in [-0.4, -0.2) is 18.6 Å². The summed E-state index contributed by atoms with van der Waals surface area (Å²) in [6.45, 7) is 3.61. The number of nitrogens with zero attached hydrogens (tertiary/aromatic N) is 1. The third kappa shape index (κ3) is 2.63. The second kappa shape index (κ2) is 3.59. The normalized spacial score (nSPS) is 15.0. The van der Waals surface area contributed by atoms with E-state index in [1.54, 1.807) is 13.1 Å². The molecule has 0 spiro atoms. The Labute approximate surface area is 81.8 Å². The van der Waals surface area contributed by atoms with Gasteiger partial charge >= 0.3 is 0 Å². The molecule has 0 bridgehead atoms. The molecular formula is C9H13BNOP. The van der Waals surface area contributed by atoms with E-state index in [0.717, 1.165) is 5.69 Å². The molecule has 0 saturated carbocycles. The maximum atomic E-state index is 11.0. The van der Waals surface area contributed by atoms with Gasteiger partial charge in [-0.05, 0) is 24.1 Å². The molecule has 0 amide bonds. The summed E-state index contributed by atoms with van der Waals surface area (Å²) in [5.74, 6) is 0.0561. The lowest BCUT2D eigenvalue weighted by Crippen LogP contribution is -2.14. The molecular weight excluding hydrogens is 180 g/mol. The van der Waals surface area contributed by atoms with Crippen LogP contribution in [0.1, 0.15) is 29.9 Å². The number of Topliss-reactive ketones (excluding diaryl/α,β-unsaturated/α-hetero) is 1. The van der Waals surface area contributed by atoms with E-state index in [0.29, 0.717) is 5.56 Å². The summed E-state index contributed by atoms with van der Waals surface area (Å²) in [5, 5.41) is -0.0324. The molecule has 0 aliphatic carbocycles. The molecule has 68 valence electrons. The van der Waals surface area contributed by atoms with Crippen LogP contribution in [0.2, 0.25) is 0 Å². The predicted octanol–water partition coefficient (Wildman–Crippen LogP) is 0.965. The van der Waals surface area contributed by atoms with E-state index >= 15 is 0 Å². The molecule has 0 aromatic carbocycles. The minimum Gasteiger partial charge on any atom is -0.294 e. The molecule has 4 heteroatoms. The van der Waals surface area contributed by atoms with Crippen molar-refractivity contribution in [3.8, 4) is 0 Å². The molecule has 1 rings (SSSR count). The maximum absolute atomic E-state index is 11.0. The van der Waals surface area contributed by atoms with Crippen LogP contribution >= 0.6 is 9.24 Å². The summed E-state index contributed by atoms with van der Waals surface area (Å²) in [5.41, 5.74) is 1.64. The highest BCUT2D eigenvalue weighted by Crippen LogP contribution is 2.24. The van der Waals surface area contributed by atoms with E-state index in [4.69, 9.17) is 0 Å². The minimum absolute atomic E-state index is 0.0324. The molecule has 13 heavy (non-hydrogen) atoms. The van der Waals surface area contributed by atoms with E-state index in [1.807, 2.05) is 12.1 Å². The summed E-state index contributed by atoms with van der Waals surface area (Å²) >= 11 is 0. The molecule has 2 nitrogen and oxygen atoms in total. The third-order valence-electron chi connectivity index (χ3n) is 1.83. The summed E-state index contributed by atoms with van der Waals surface area (Å²) in [7, 11) is 4.79. The standard InChI is InChI=1S/C9H13BNOP/c1-6(12)7-3-4-8(11-5-7)9(2,10)13/h3-5H,10,13H2,1-2H3. The van der Waals surface area contributed by atoms with Gasteiger partial charge in [0, 0.05) is 17.5 Å². The fourth-order valence-electron chi connectivity index (χ4n) is 0.983. The third-order valence-corrected chi connectivity index (χ3v) is 2.13. The fourth-order valence-corrected chi connectivity index (χ4v) is 1.15. The average molecular weight is 193 g/mol. The Balaban J connectivity index is 3.01. The van der Waals surface area contributed by atoms with E-state index in [-0.39, 0.29) is 10.8 Å². The second-order valence-corrected chi connectivity index (χ2v) is 5.15. The first-order valence-corrected chi connectivity index (χ1v) is 4.75. The first-order chi connectivity index (χ1) is 5.91. The number of aromatic nitrogens is 1. The van der Waals surface area contributed by atoms with Gasteiger partial charge in [-0.2, -0.15) is 0 Å². The highest BCUT2D eigenvalue weighted by Gasteiger charge is 2.15. The van der Waals surface area contributed by atoms with Crippen LogP contribution in [0.4, 0.5) is 0 Å². The van der Waals surface area contributed by atoms with Crippen molar-refractivity contribution in [1.82, 2.24) is 4.98 Å². The maximum Gasteiger partial charge on any atom is 0.161 e. The highest BCUT2D eigenvalue weighted by molar-refractivity contribution is 7.21. The number of carbonyl (C=O) groups is 1. The van der Waals surface area contributed by atoms with Crippen molar-refractivity contribution in [3.63, 3.8) is 0 Å². The Hall–Kier alpha value is -0.685. The molecule has 2 unspecified atom stereocenters. The molecule has 0 aliphatic heterocycles. The number of hydrogen-bond donors (Lipinski definition) is 0. The zero-order chi connectivity index (χ0) is 10.1. The molecule has 0 fully saturated rings. The largest absolute Gasteiger partial charge is 0.294 e. The number of rotatable bonds is 2. The van der Waals surface area contributed by atoms with Gasteiger partial charge < -0.3 is 0 Å². The number of pyridine rings is 1. The molecule has 0 radical (unpaired) electrons. The SMILES string of the molecule is BC(C)(P)c1ccc(C(C)=O)cn1. The number of hydrogen-bond acceptors (Lipinski definition) is 2. The number of carbonyl (C=O) groups excluding carboxylic acids is 1. The van der Waals surface area contributed by atoms with Gasteiger partial charge in [0.05, 0.1) is 0 Å². The van der Waals surface area contributed by atoms with Gasteiger partial charge in [0.25, 0.3) is 0 Å². The van der Waals surface area contributed by atoms with Crippen LogP contribution in [0.5, 0.6) is 0 Å². The lowest BCUT2D eigenvalue weighted by molar-refractivity contribution is 0.101. The quantitative estimate of drug-likeness (QED) is 0.397. The molecule has 0 N–H and O–H groups in total. The van der Waals surface area contributed by atoms with Crippen molar-refractivity contribution in [2.75, 3.05) is 0 Å². The zero-order valence-electron chi connectivity index (χ0n) is 8.16. The van der Waals surface area contributed by atoms with Gasteiger partial charge in [-0.1, -0.05) is 6.92 Å². The van der Waals surface area contributed by atoms with Crippen molar-refractivity contribution in [2.24, 2.45) is 0 Å². The second-order valence-electron chi connectivity index (χ2n) is 3.71. The van der Waals surface area contributed by atoms with Gasteiger partial charge in [0.1, 0.15) is 7.85 Å². The van der Waals surface area contributed by atoms with Crippen LogP contribution in [-0.2, 0) is 5.06 Å². The van der Waals surface area contributed by atoms with Crippen LogP contribution in [0.15, 0.2) is 18.3 Å². The predicted molar refractivity (Wildman–Crippen MR) is 59.8 cm³/mol. The van der Waals surface area contributed by atoms with Crippen molar-refractivity contribution < 1.29 is 4.79 Å². The summed E-state index contributed by atoms with van der Waals surface area (Å²) in [4.78, 5) is 15.2. The smallest absolute Gasteiger partial charge is 0.161 e. The van der Waals surface area contributed by atoms with Gasteiger partial charge in [-0.3, -0.25) is 9.78 Å². The average Bonchev–Trinajstić information content (AvgIpc) is 2.03. The van der Waals surface area contributed by atoms with Crippen molar-refractivity contribution >= 4 is 22.9 Å². The fraction of sp³-hybridized carbons (Fsp3) is 0.333. The van der Waals surface area contributed by atoms with E-state index in [1.165, 1.54) is 0 Å². The minimum atomic E-state index is -0.0324. The van der Waals surface area contributed by atoms with E-state index in [2.05, 4.69) is 29.0 Å². The Morgan fingerprint density at radius 2 is 2.23 bits per heavy atom. The van der Waals surface area contributed by atoms with Crippen LogP contribution < -0.4 is 0 Å². The van der Waals surface area contributed by atoms with Crippen molar-refractivity contribution in [3.05, 3.63) is 29.6 Å². The molecule has 0 saturated heterocycles. The topological polar surface area (TPSA) is 30.0 Å². The lowest BCUT2D eigenvalue weighted by Gasteiger charge is -2.16. The molecule has 1 aromatic heterocycles. The summed E-state index contributed by atoms with van der Waals surface area (Å²) in [6, 6.07) is 3.71. The molecule has 0 aliphatic rings. The Kier molecular flexibility index (Phi) is 2.87. The first kappa shape index (κ1) is 10.4. The van der Waals surface area contributed by atoms with Crippen LogP contribution in [0, 0.1) is 0 Å². The van der Waals surface area contributed by atoms with Gasteiger partial charge in [0.15, 0.2) is 5.78 Å². The monoisotopic (exact) mass is 193 g/mol. The Bertz CT molecular complexity index is 315. The van der Waals surface area contributed by atoms with E-state index in [9.17, 15) is 4.79 Å². The van der Waals surface area contributed by atoms with E-state index < -0.39 is 0 Å².